The topological polar surface area (TPSA) is 45.6 Å². The Morgan fingerprint density at radius 3 is 2.67 bits per heavy atom. The smallest absolute Gasteiger partial charge is 0.197 e. The normalized spacial score (nSPS) is 13.8. The second kappa shape index (κ2) is 5.14. The van der Waals surface area contributed by atoms with E-state index in [9.17, 15) is 4.39 Å². The SMILES string of the molecule is CCOc1cc2c(c(F)c1OCC)C(=N)N(Br)C2. The molecule has 1 aliphatic rings. The molecule has 0 saturated heterocycles. The number of nitrogens with zero attached hydrogens (tertiary/aromatic N) is 1. The molecule has 0 aromatic heterocycles. The van der Waals surface area contributed by atoms with Crippen LogP contribution >= 0.6 is 16.1 Å². The number of rotatable bonds is 4. The summed E-state index contributed by atoms with van der Waals surface area (Å²) in [5, 5.41) is 7.82. The highest BCUT2D eigenvalue weighted by atomic mass is 79.9. The lowest BCUT2D eigenvalue weighted by Crippen LogP contribution is -2.12. The minimum absolute atomic E-state index is 0.0886. The van der Waals surface area contributed by atoms with Gasteiger partial charge < -0.3 is 9.47 Å². The molecule has 1 aliphatic heterocycles. The lowest BCUT2D eigenvalue weighted by Gasteiger charge is -2.13. The van der Waals surface area contributed by atoms with Gasteiger partial charge in [-0.2, -0.15) is 0 Å². The molecule has 0 aliphatic carbocycles. The summed E-state index contributed by atoms with van der Waals surface area (Å²) in [6, 6.07) is 1.74. The van der Waals surface area contributed by atoms with Crippen molar-refractivity contribution in [3.63, 3.8) is 0 Å². The van der Waals surface area contributed by atoms with Gasteiger partial charge in [0.1, 0.15) is 5.84 Å². The third-order valence-corrected chi connectivity index (χ3v) is 3.25. The molecule has 0 saturated carbocycles. The Labute approximate surface area is 114 Å². The molecule has 18 heavy (non-hydrogen) atoms. The standard InChI is InChI=1S/C12H14BrFN2O2/c1-3-17-8-5-7-6-16(13)12(15)9(7)10(14)11(8)18-4-2/h5,15H,3-4,6H2,1-2H3. The van der Waals surface area contributed by atoms with Crippen LogP contribution in [0.5, 0.6) is 11.5 Å². The Bertz CT molecular complexity index is 493. The van der Waals surface area contributed by atoms with E-state index in [1.54, 1.807) is 13.0 Å². The molecular formula is C12H14BrFN2O2. The van der Waals surface area contributed by atoms with Crippen molar-refractivity contribution in [2.45, 2.75) is 20.4 Å². The summed E-state index contributed by atoms with van der Waals surface area (Å²) >= 11 is 3.21. The summed E-state index contributed by atoms with van der Waals surface area (Å²) < 4.78 is 26.6. The molecule has 0 unspecified atom stereocenters. The number of nitrogens with one attached hydrogen (secondary N) is 1. The maximum Gasteiger partial charge on any atom is 0.197 e. The first-order chi connectivity index (χ1) is 8.60. The lowest BCUT2D eigenvalue weighted by molar-refractivity contribution is 0.275. The van der Waals surface area contributed by atoms with E-state index in [1.807, 2.05) is 6.92 Å². The first kappa shape index (κ1) is 13.1. The van der Waals surface area contributed by atoms with Crippen molar-refractivity contribution < 1.29 is 13.9 Å². The van der Waals surface area contributed by atoms with Gasteiger partial charge in [0.15, 0.2) is 17.3 Å². The van der Waals surface area contributed by atoms with Gasteiger partial charge in [-0.1, -0.05) is 0 Å². The monoisotopic (exact) mass is 316 g/mol. The predicted molar refractivity (Wildman–Crippen MR) is 70.0 cm³/mol. The van der Waals surface area contributed by atoms with E-state index < -0.39 is 5.82 Å². The number of hydrogen-bond acceptors (Lipinski definition) is 3. The fourth-order valence-electron chi connectivity index (χ4n) is 1.93. The predicted octanol–water partition coefficient (Wildman–Crippen LogP) is 3.07. The fourth-order valence-corrected chi connectivity index (χ4v) is 2.38. The minimum Gasteiger partial charge on any atom is -0.490 e. The molecule has 1 heterocycles. The van der Waals surface area contributed by atoms with Crippen molar-refractivity contribution in [3.8, 4) is 11.5 Å². The fraction of sp³-hybridized carbons (Fsp3) is 0.417. The van der Waals surface area contributed by atoms with Crippen LogP contribution in [0.4, 0.5) is 4.39 Å². The lowest BCUT2D eigenvalue weighted by atomic mass is 10.1. The maximum absolute atomic E-state index is 14.4. The van der Waals surface area contributed by atoms with Gasteiger partial charge in [-0.3, -0.25) is 9.34 Å². The second-order valence-corrected chi connectivity index (χ2v) is 4.64. The molecule has 1 aromatic rings. The molecule has 0 radical (unpaired) electrons. The Kier molecular flexibility index (Phi) is 3.75. The van der Waals surface area contributed by atoms with Crippen LogP contribution in [0, 0.1) is 11.2 Å². The average Bonchev–Trinajstić information content (AvgIpc) is 2.60. The van der Waals surface area contributed by atoms with E-state index in [4.69, 9.17) is 14.9 Å². The third kappa shape index (κ3) is 2.05. The van der Waals surface area contributed by atoms with Crippen molar-refractivity contribution >= 4 is 22.0 Å². The zero-order chi connectivity index (χ0) is 13.3. The summed E-state index contributed by atoms with van der Waals surface area (Å²) in [5.41, 5.74) is 1.00. The van der Waals surface area contributed by atoms with E-state index in [-0.39, 0.29) is 17.1 Å². The third-order valence-electron chi connectivity index (χ3n) is 2.65. The maximum atomic E-state index is 14.4. The molecule has 2 rings (SSSR count). The quantitative estimate of drug-likeness (QED) is 0.868. The van der Waals surface area contributed by atoms with Gasteiger partial charge in [0.2, 0.25) is 0 Å². The second-order valence-electron chi connectivity index (χ2n) is 3.79. The largest absolute Gasteiger partial charge is 0.490 e. The summed E-state index contributed by atoms with van der Waals surface area (Å²) in [4.78, 5) is 0. The highest BCUT2D eigenvalue weighted by molar-refractivity contribution is 9.07. The van der Waals surface area contributed by atoms with Crippen molar-refractivity contribution in [2.24, 2.45) is 0 Å². The number of ether oxygens (including phenoxy) is 2. The first-order valence-corrected chi connectivity index (χ1v) is 6.44. The highest BCUT2D eigenvalue weighted by Gasteiger charge is 2.30. The van der Waals surface area contributed by atoms with E-state index in [2.05, 4.69) is 16.1 Å². The number of halogens is 2. The van der Waals surface area contributed by atoms with Gasteiger partial charge in [0.25, 0.3) is 0 Å². The Hall–Kier alpha value is -1.30. The van der Waals surface area contributed by atoms with Gasteiger partial charge >= 0.3 is 0 Å². The van der Waals surface area contributed by atoms with E-state index in [0.29, 0.717) is 25.5 Å². The van der Waals surface area contributed by atoms with Crippen LogP contribution in [-0.2, 0) is 6.54 Å². The summed E-state index contributed by atoms with van der Waals surface area (Å²) in [6.45, 7) is 4.84. The molecule has 6 heteroatoms. The summed E-state index contributed by atoms with van der Waals surface area (Å²) in [5.74, 6) is 0.0631. The van der Waals surface area contributed by atoms with Gasteiger partial charge in [-0.15, -0.1) is 0 Å². The number of fused-ring (bicyclic) bond motifs is 1. The molecule has 98 valence electrons. The van der Waals surface area contributed by atoms with Crippen molar-refractivity contribution in [3.05, 3.63) is 23.0 Å². The Morgan fingerprint density at radius 1 is 1.39 bits per heavy atom. The van der Waals surface area contributed by atoms with E-state index in [0.717, 1.165) is 5.56 Å². The van der Waals surface area contributed by atoms with Crippen molar-refractivity contribution in [1.82, 2.24) is 3.93 Å². The molecule has 0 fully saturated rings. The molecule has 0 bridgehead atoms. The molecule has 1 aromatic carbocycles. The highest BCUT2D eigenvalue weighted by Crippen LogP contribution is 2.39. The molecule has 0 amide bonds. The van der Waals surface area contributed by atoms with Crippen LogP contribution in [0.1, 0.15) is 25.0 Å². The van der Waals surface area contributed by atoms with E-state index in [1.165, 1.54) is 3.93 Å². The van der Waals surface area contributed by atoms with Crippen LogP contribution in [0.3, 0.4) is 0 Å². The first-order valence-electron chi connectivity index (χ1n) is 5.73. The molecule has 4 nitrogen and oxygen atoms in total. The van der Waals surface area contributed by atoms with Gasteiger partial charge in [0, 0.05) is 0 Å². The molecule has 0 atom stereocenters. The Balaban J connectivity index is 2.56. The molecule has 0 spiro atoms. The van der Waals surface area contributed by atoms with Crippen LogP contribution in [0.2, 0.25) is 0 Å². The average molecular weight is 317 g/mol. The van der Waals surface area contributed by atoms with Crippen molar-refractivity contribution in [2.75, 3.05) is 13.2 Å². The summed E-state index contributed by atoms with van der Waals surface area (Å²) in [6.07, 6.45) is 0. The van der Waals surface area contributed by atoms with Gasteiger partial charge in [0.05, 0.1) is 41.5 Å². The zero-order valence-electron chi connectivity index (χ0n) is 10.2. The number of amidine groups is 1. The van der Waals surface area contributed by atoms with Crippen LogP contribution in [0.15, 0.2) is 6.07 Å². The van der Waals surface area contributed by atoms with E-state index >= 15 is 0 Å². The molecular weight excluding hydrogens is 303 g/mol. The van der Waals surface area contributed by atoms with Crippen molar-refractivity contribution in [1.29, 1.82) is 5.41 Å². The number of hydrogen-bond donors (Lipinski definition) is 1. The van der Waals surface area contributed by atoms with Gasteiger partial charge in [-0.05, 0) is 25.5 Å². The van der Waals surface area contributed by atoms with Crippen LogP contribution in [0.25, 0.3) is 0 Å². The Morgan fingerprint density at radius 2 is 2.06 bits per heavy atom. The van der Waals surface area contributed by atoms with Crippen LogP contribution in [-0.4, -0.2) is 23.0 Å². The minimum atomic E-state index is -0.523. The zero-order valence-corrected chi connectivity index (χ0v) is 11.8. The summed E-state index contributed by atoms with van der Waals surface area (Å²) in [7, 11) is 0. The molecule has 1 N–H and O–H groups in total. The van der Waals surface area contributed by atoms with Gasteiger partial charge in [-0.25, -0.2) is 4.39 Å². The number of benzene rings is 1. The van der Waals surface area contributed by atoms with Crippen LogP contribution < -0.4 is 9.47 Å².